The third-order valence-corrected chi connectivity index (χ3v) is 5.01. The lowest BCUT2D eigenvalue weighted by Gasteiger charge is -2.44. The summed E-state index contributed by atoms with van der Waals surface area (Å²) >= 11 is 0. The van der Waals surface area contributed by atoms with Gasteiger partial charge in [0.05, 0.1) is 0 Å². The number of carbonyl (C=O) groups excluding carboxylic acids is 2. The molecule has 1 N–H and O–H groups in total. The normalized spacial score (nSPS) is 30.4. The van der Waals surface area contributed by atoms with Gasteiger partial charge < -0.3 is 10.2 Å². The first kappa shape index (κ1) is 15.5. The topological polar surface area (TPSA) is 66.5 Å². The first-order chi connectivity index (χ1) is 9.32. The third-order valence-electron chi connectivity index (χ3n) is 4.06. The minimum absolute atomic E-state index is 0.00347. The van der Waals surface area contributed by atoms with E-state index in [4.69, 9.17) is 0 Å². The minimum atomic E-state index is -0.984. The van der Waals surface area contributed by atoms with Crippen LogP contribution < -0.4 is 5.32 Å². The molecule has 4 unspecified atom stereocenters. The molecule has 1 aliphatic carbocycles. The van der Waals surface area contributed by atoms with Crippen LogP contribution in [0.3, 0.4) is 0 Å². The second kappa shape index (κ2) is 5.84. The van der Waals surface area contributed by atoms with Gasteiger partial charge in [-0.1, -0.05) is 13.8 Å². The van der Waals surface area contributed by atoms with Crippen molar-refractivity contribution in [2.24, 2.45) is 11.8 Å². The Morgan fingerprint density at radius 2 is 1.90 bits per heavy atom. The Labute approximate surface area is 122 Å². The highest BCUT2D eigenvalue weighted by molar-refractivity contribution is 7.84. The summed E-state index contributed by atoms with van der Waals surface area (Å²) in [6, 6.07) is -0.991. The van der Waals surface area contributed by atoms with Gasteiger partial charge in [-0.05, 0) is 31.6 Å². The molecule has 2 aliphatic rings. The molecule has 0 spiro atoms. The van der Waals surface area contributed by atoms with Gasteiger partial charge in [0.15, 0.2) is 0 Å². The van der Waals surface area contributed by atoms with Crippen LogP contribution in [0.15, 0.2) is 0 Å². The van der Waals surface area contributed by atoms with Crippen LogP contribution in [0.1, 0.15) is 33.6 Å². The molecule has 1 saturated carbocycles. The van der Waals surface area contributed by atoms with Crippen LogP contribution in [0.2, 0.25) is 0 Å². The Morgan fingerprint density at radius 3 is 2.35 bits per heavy atom. The molecule has 1 aliphatic heterocycles. The number of hydrogen-bond donors (Lipinski definition) is 1. The van der Waals surface area contributed by atoms with Crippen molar-refractivity contribution in [2.45, 2.75) is 51.7 Å². The SMILES string of the molecule is CC(C)C1C(=O)NC(C2CC2)C(=O)N1C(C)CS(C)=O. The van der Waals surface area contributed by atoms with Crippen molar-refractivity contribution in [1.29, 1.82) is 0 Å². The summed E-state index contributed by atoms with van der Waals surface area (Å²) in [4.78, 5) is 26.7. The van der Waals surface area contributed by atoms with Crippen LogP contribution in [0, 0.1) is 11.8 Å². The molecule has 0 aromatic heterocycles. The second-order valence-corrected chi connectivity index (χ2v) is 7.83. The van der Waals surface area contributed by atoms with E-state index in [9.17, 15) is 13.8 Å². The maximum atomic E-state index is 12.7. The molecule has 5 nitrogen and oxygen atoms in total. The molecule has 20 heavy (non-hydrogen) atoms. The molecule has 6 heteroatoms. The molecule has 4 atom stereocenters. The average molecular weight is 300 g/mol. The fourth-order valence-corrected chi connectivity index (χ4v) is 3.85. The van der Waals surface area contributed by atoms with E-state index in [-0.39, 0.29) is 29.8 Å². The number of piperazine rings is 1. The van der Waals surface area contributed by atoms with E-state index in [1.807, 2.05) is 20.8 Å². The quantitative estimate of drug-likeness (QED) is 0.805. The van der Waals surface area contributed by atoms with Crippen molar-refractivity contribution in [3.05, 3.63) is 0 Å². The summed E-state index contributed by atoms with van der Waals surface area (Å²) in [7, 11) is -0.984. The van der Waals surface area contributed by atoms with Gasteiger partial charge in [-0.2, -0.15) is 0 Å². The predicted octanol–water partition coefficient (Wildman–Crippen LogP) is 0.515. The highest BCUT2D eigenvalue weighted by atomic mass is 32.2. The van der Waals surface area contributed by atoms with E-state index in [0.29, 0.717) is 11.7 Å². The van der Waals surface area contributed by atoms with Crippen molar-refractivity contribution < 1.29 is 13.8 Å². The Bertz CT molecular complexity index is 434. The lowest BCUT2D eigenvalue weighted by molar-refractivity contribution is -0.153. The molecule has 0 bridgehead atoms. The molecular weight excluding hydrogens is 276 g/mol. The van der Waals surface area contributed by atoms with Crippen LogP contribution in [0.5, 0.6) is 0 Å². The Hall–Kier alpha value is -0.910. The zero-order chi connectivity index (χ0) is 15.0. The van der Waals surface area contributed by atoms with Gasteiger partial charge in [0.1, 0.15) is 12.1 Å². The summed E-state index contributed by atoms with van der Waals surface area (Å²) in [5.41, 5.74) is 0. The minimum Gasteiger partial charge on any atom is -0.342 e. The predicted molar refractivity (Wildman–Crippen MR) is 78.5 cm³/mol. The standard InChI is InChI=1S/C14H24N2O3S/c1-8(2)12-13(17)15-11(10-5-6-10)14(18)16(12)9(3)7-20(4)19/h8-12H,5-7H2,1-4H3,(H,15,17). The number of carbonyl (C=O) groups is 2. The Morgan fingerprint density at radius 1 is 1.30 bits per heavy atom. The summed E-state index contributed by atoms with van der Waals surface area (Å²) in [5, 5.41) is 2.89. The number of nitrogens with zero attached hydrogens (tertiary/aromatic N) is 1. The van der Waals surface area contributed by atoms with Crippen molar-refractivity contribution in [3.63, 3.8) is 0 Å². The molecule has 0 aromatic carbocycles. The highest BCUT2D eigenvalue weighted by Gasteiger charge is 2.48. The molecule has 2 amide bonds. The van der Waals surface area contributed by atoms with Gasteiger partial charge in [-0.3, -0.25) is 13.8 Å². The van der Waals surface area contributed by atoms with Crippen molar-refractivity contribution in [1.82, 2.24) is 10.2 Å². The Balaban J connectivity index is 2.25. The van der Waals surface area contributed by atoms with Crippen LogP contribution in [-0.4, -0.2) is 51.1 Å². The van der Waals surface area contributed by atoms with E-state index < -0.39 is 16.8 Å². The molecule has 2 rings (SSSR count). The van der Waals surface area contributed by atoms with Gasteiger partial charge >= 0.3 is 0 Å². The summed E-state index contributed by atoms with van der Waals surface area (Å²) in [6.45, 7) is 5.77. The van der Waals surface area contributed by atoms with Gasteiger partial charge in [0.2, 0.25) is 11.8 Å². The summed E-state index contributed by atoms with van der Waals surface area (Å²) in [6.07, 6.45) is 3.64. The van der Waals surface area contributed by atoms with Crippen LogP contribution >= 0.6 is 0 Å². The number of hydrogen-bond acceptors (Lipinski definition) is 3. The molecule has 0 aromatic rings. The maximum absolute atomic E-state index is 12.7. The van der Waals surface area contributed by atoms with Crippen LogP contribution in [0.25, 0.3) is 0 Å². The van der Waals surface area contributed by atoms with Crippen molar-refractivity contribution in [2.75, 3.05) is 12.0 Å². The fourth-order valence-electron chi connectivity index (χ4n) is 3.01. The zero-order valence-electron chi connectivity index (χ0n) is 12.6. The van der Waals surface area contributed by atoms with E-state index in [0.717, 1.165) is 12.8 Å². The third kappa shape index (κ3) is 3.05. The smallest absolute Gasteiger partial charge is 0.246 e. The van der Waals surface area contributed by atoms with Crippen LogP contribution in [0.4, 0.5) is 0 Å². The van der Waals surface area contributed by atoms with Crippen LogP contribution in [-0.2, 0) is 20.4 Å². The fraction of sp³-hybridized carbons (Fsp3) is 0.857. The van der Waals surface area contributed by atoms with Crippen molar-refractivity contribution in [3.8, 4) is 0 Å². The van der Waals surface area contributed by atoms with Crippen molar-refractivity contribution >= 4 is 22.6 Å². The summed E-state index contributed by atoms with van der Waals surface area (Å²) in [5.74, 6) is 0.696. The molecule has 2 fully saturated rings. The lowest BCUT2D eigenvalue weighted by atomic mass is 9.94. The van der Waals surface area contributed by atoms with E-state index in [1.54, 1.807) is 11.2 Å². The monoisotopic (exact) mass is 300 g/mol. The zero-order valence-corrected chi connectivity index (χ0v) is 13.4. The van der Waals surface area contributed by atoms with Gasteiger partial charge in [0, 0.05) is 28.9 Å². The van der Waals surface area contributed by atoms with E-state index >= 15 is 0 Å². The molecule has 0 radical (unpaired) electrons. The largest absolute Gasteiger partial charge is 0.342 e. The van der Waals surface area contributed by atoms with E-state index in [2.05, 4.69) is 5.32 Å². The van der Waals surface area contributed by atoms with E-state index in [1.165, 1.54) is 0 Å². The average Bonchev–Trinajstić information content (AvgIpc) is 3.13. The van der Waals surface area contributed by atoms with Gasteiger partial charge in [-0.25, -0.2) is 0 Å². The highest BCUT2D eigenvalue weighted by Crippen LogP contribution is 2.36. The van der Waals surface area contributed by atoms with Gasteiger partial charge in [0.25, 0.3) is 0 Å². The molecule has 1 heterocycles. The second-order valence-electron chi connectivity index (χ2n) is 6.35. The molecule has 114 valence electrons. The Kier molecular flexibility index (Phi) is 4.52. The number of rotatable bonds is 5. The number of nitrogens with one attached hydrogen (secondary N) is 1. The maximum Gasteiger partial charge on any atom is 0.246 e. The van der Waals surface area contributed by atoms with Gasteiger partial charge in [-0.15, -0.1) is 0 Å². The molecular formula is C14H24N2O3S. The first-order valence-electron chi connectivity index (χ1n) is 7.25. The summed E-state index contributed by atoms with van der Waals surface area (Å²) < 4.78 is 11.5. The lowest BCUT2D eigenvalue weighted by Crippen LogP contribution is -2.67. The number of amides is 2. The molecule has 1 saturated heterocycles. The first-order valence-corrected chi connectivity index (χ1v) is 8.98.